The number of ether oxygens (including phenoxy) is 2. The highest BCUT2D eigenvalue weighted by atomic mass is 35.5. The minimum absolute atomic E-state index is 0.0585. The minimum Gasteiger partial charge on any atom is -0.444 e. The van der Waals surface area contributed by atoms with Gasteiger partial charge >= 0.3 is 12.2 Å². The van der Waals surface area contributed by atoms with E-state index in [0.717, 1.165) is 9.80 Å². The van der Waals surface area contributed by atoms with E-state index in [1.54, 1.807) is 57.2 Å². The molecule has 0 N–H and O–H groups in total. The van der Waals surface area contributed by atoms with Gasteiger partial charge in [0.1, 0.15) is 24.8 Å². The first-order valence-corrected chi connectivity index (χ1v) is 12.8. The van der Waals surface area contributed by atoms with Gasteiger partial charge in [-0.1, -0.05) is 11.6 Å². The van der Waals surface area contributed by atoms with E-state index in [-0.39, 0.29) is 31.8 Å². The second kappa shape index (κ2) is 10.5. The summed E-state index contributed by atoms with van der Waals surface area (Å²) in [5.41, 5.74) is 0.103. The summed E-state index contributed by atoms with van der Waals surface area (Å²) >= 11 is 7.10. The molecule has 2 fully saturated rings. The van der Waals surface area contributed by atoms with Crippen molar-refractivity contribution in [2.24, 2.45) is 0 Å². The van der Waals surface area contributed by atoms with Crippen molar-refractivity contribution in [2.75, 3.05) is 29.4 Å². The van der Waals surface area contributed by atoms with Crippen LogP contribution in [0.5, 0.6) is 0 Å². The Morgan fingerprint density at radius 2 is 1.65 bits per heavy atom. The Morgan fingerprint density at radius 1 is 1.03 bits per heavy atom. The number of imide groups is 1. The van der Waals surface area contributed by atoms with Crippen LogP contribution >= 0.6 is 22.9 Å². The number of halogens is 1. The molecule has 1 aromatic heterocycles. The van der Waals surface area contributed by atoms with Gasteiger partial charge in [-0.3, -0.25) is 24.2 Å². The predicted octanol–water partition coefficient (Wildman–Crippen LogP) is 4.50. The van der Waals surface area contributed by atoms with Crippen molar-refractivity contribution < 1.29 is 33.4 Å². The first kappa shape index (κ1) is 26.6. The maximum atomic E-state index is 12.7. The number of hydrogen-bond donors (Lipinski definition) is 0. The zero-order chi connectivity index (χ0) is 26.9. The van der Waals surface area contributed by atoms with Crippen molar-refractivity contribution in [1.29, 1.82) is 0 Å². The molecule has 1 aromatic carbocycles. The number of carbonyl (C=O) groups excluding carboxylic acids is 5. The molecule has 2 saturated heterocycles. The molecule has 1 unspecified atom stereocenters. The Hall–Kier alpha value is -3.44. The SMILES string of the molecule is CC(C)(C)OC(=O)N1CC(=O)N(c2ccc(N3CC(CCC(=O)c4ccc(Cl)s4)OC3=O)cc2)C(=O)C1. The van der Waals surface area contributed by atoms with Gasteiger partial charge in [0.2, 0.25) is 0 Å². The first-order valence-electron chi connectivity index (χ1n) is 11.6. The number of anilines is 2. The van der Waals surface area contributed by atoms with E-state index in [2.05, 4.69) is 0 Å². The van der Waals surface area contributed by atoms with Crippen molar-refractivity contribution in [3.8, 4) is 0 Å². The maximum Gasteiger partial charge on any atom is 0.414 e. The van der Waals surface area contributed by atoms with Crippen LogP contribution in [0.4, 0.5) is 21.0 Å². The van der Waals surface area contributed by atoms with E-state index in [1.165, 1.54) is 16.2 Å². The van der Waals surface area contributed by atoms with Crippen LogP contribution in [0.15, 0.2) is 36.4 Å². The molecule has 4 rings (SSSR count). The van der Waals surface area contributed by atoms with Gasteiger partial charge in [0, 0.05) is 12.1 Å². The number of rotatable bonds is 6. The number of benzene rings is 1. The molecule has 0 bridgehead atoms. The van der Waals surface area contributed by atoms with Crippen LogP contribution in [0.1, 0.15) is 43.3 Å². The third-order valence-corrected chi connectivity index (χ3v) is 6.91. The van der Waals surface area contributed by atoms with Gasteiger partial charge in [-0.15, -0.1) is 11.3 Å². The Bertz CT molecular complexity index is 1220. The second-order valence-electron chi connectivity index (χ2n) is 9.66. The highest BCUT2D eigenvalue weighted by Crippen LogP contribution is 2.28. The lowest BCUT2D eigenvalue weighted by atomic mass is 10.1. The molecule has 10 nitrogen and oxygen atoms in total. The number of Topliss-reactive ketones (excluding diaryl/α,β-unsaturated/α-hetero) is 1. The number of amides is 4. The number of piperazine rings is 1. The highest BCUT2D eigenvalue weighted by Gasteiger charge is 2.37. The van der Waals surface area contributed by atoms with Crippen LogP contribution in [0.25, 0.3) is 0 Å². The fraction of sp³-hybridized carbons (Fsp3) is 0.400. The average Bonchev–Trinajstić information content (AvgIpc) is 3.41. The number of carbonyl (C=O) groups is 5. The van der Waals surface area contributed by atoms with E-state index in [1.807, 2.05) is 0 Å². The molecule has 2 aliphatic rings. The summed E-state index contributed by atoms with van der Waals surface area (Å²) in [5, 5.41) is 0. The molecule has 1 atom stereocenters. The fourth-order valence-corrected chi connectivity index (χ4v) is 4.96. The van der Waals surface area contributed by atoms with Gasteiger partial charge in [-0.05, 0) is 63.6 Å². The lowest BCUT2D eigenvalue weighted by molar-refractivity contribution is -0.131. The second-order valence-corrected chi connectivity index (χ2v) is 11.4. The Kier molecular flexibility index (Phi) is 7.56. The van der Waals surface area contributed by atoms with E-state index in [9.17, 15) is 24.0 Å². The molecule has 37 heavy (non-hydrogen) atoms. The van der Waals surface area contributed by atoms with Crippen molar-refractivity contribution >= 4 is 64.1 Å². The fourth-order valence-electron chi connectivity index (χ4n) is 3.95. The first-order chi connectivity index (χ1) is 17.4. The summed E-state index contributed by atoms with van der Waals surface area (Å²) in [6.45, 7) is 4.78. The Labute approximate surface area is 222 Å². The normalized spacial score (nSPS) is 18.3. The number of hydrogen-bond acceptors (Lipinski definition) is 8. The lowest BCUT2D eigenvalue weighted by Crippen LogP contribution is -2.56. The molecule has 2 aliphatic heterocycles. The smallest absolute Gasteiger partial charge is 0.414 e. The summed E-state index contributed by atoms with van der Waals surface area (Å²) in [6.07, 6.45) is -1.12. The summed E-state index contributed by atoms with van der Waals surface area (Å²) in [5.74, 6) is -1.18. The lowest BCUT2D eigenvalue weighted by Gasteiger charge is -2.33. The summed E-state index contributed by atoms with van der Waals surface area (Å²) < 4.78 is 11.2. The number of thiophene rings is 1. The van der Waals surface area contributed by atoms with Gasteiger partial charge in [-0.25, -0.2) is 14.5 Å². The largest absolute Gasteiger partial charge is 0.444 e. The molecular weight excluding hydrogens is 522 g/mol. The third-order valence-electron chi connectivity index (χ3n) is 5.64. The van der Waals surface area contributed by atoms with Gasteiger partial charge in [0.05, 0.1) is 21.4 Å². The molecule has 2 aromatic rings. The minimum atomic E-state index is -0.750. The molecule has 0 saturated carbocycles. The van der Waals surface area contributed by atoms with Crippen molar-refractivity contribution in [1.82, 2.24) is 4.90 Å². The highest BCUT2D eigenvalue weighted by molar-refractivity contribution is 7.18. The van der Waals surface area contributed by atoms with Crippen LogP contribution in [0.3, 0.4) is 0 Å². The molecule has 12 heteroatoms. The van der Waals surface area contributed by atoms with Crippen molar-refractivity contribution in [2.45, 2.75) is 45.3 Å². The summed E-state index contributed by atoms with van der Waals surface area (Å²) in [4.78, 5) is 66.5. The van der Waals surface area contributed by atoms with Crippen LogP contribution in [-0.2, 0) is 19.1 Å². The molecule has 0 radical (unpaired) electrons. The van der Waals surface area contributed by atoms with Crippen molar-refractivity contribution in [3.05, 3.63) is 45.6 Å². The van der Waals surface area contributed by atoms with E-state index >= 15 is 0 Å². The zero-order valence-corrected chi connectivity index (χ0v) is 22.1. The quantitative estimate of drug-likeness (QED) is 0.386. The number of nitrogens with zero attached hydrogens (tertiary/aromatic N) is 3. The number of ketones is 1. The zero-order valence-electron chi connectivity index (χ0n) is 20.6. The van der Waals surface area contributed by atoms with E-state index in [0.29, 0.717) is 27.0 Å². The third kappa shape index (κ3) is 6.28. The van der Waals surface area contributed by atoms with Crippen LogP contribution in [0.2, 0.25) is 4.34 Å². The van der Waals surface area contributed by atoms with Gasteiger partial charge in [-0.2, -0.15) is 0 Å². The molecule has 3 heterocycles. The average molecular weight is 548 g/mol. The monoisotopic (exact) mass is 547 g/mol. The van der Waals surface area contributed by atoms with Crippen LogP contribution in [0, 0.1) is 0 Å². The summed E-state index contributed by atoms with van der Waals surface area (Å²) in [7, 11) is 0. The van der Waals surface area contributed by atoms with E-state index in [4.69, 9.17) is 21.1 Å². The van der Waals surface area contributed by atoms with Crippen LogP contribution in [-0.4, -0.2) is 66.0 Å². The Morgan fingerprint density at radius 3 is 2.22 bits per heavy atom. The Balaban J connectivity index is 1.35. The van der Waals surface area contributed by atoms with Gasteiger partial charge < -0.3 is 9.47 Å². The standard InChI is InChI=1S/C25H26ClN3O7S/c1-25(2,3)36-23(33)27-13-21(31)29(22(32)14-27)16-6-4-15(5-7-16)28-12-17(35-24(28)34)8-9-18(30)19-10-11-20(26)37-19/h4-7,10-11,17H,8-9,12-14H2,1-3H3. The molecule has 4 amide bonds. The van der Waals surface area contributed by atoms with Gasteiger partial charge in [0.15, 0.2) is 5.78 Å². The predicted molar refractivity (Wildman–Crippen MR) is 137 cm³/mol. The van der Waals surface area contributed by atoms with Crippen molar-refractivity contribution in [3.63, 3.8) is 0 Å². The van der Waals surface area contributed by atoms with Crippen LogP contribution < -0.4 is 9.80 Å². The summed E-state index contributed by atoms with van der Waals surface area (Å²) in [6, 6.07) is 9.67. The molecular formula is C25H26ClN3O7S. The van der Waals surface area contributed by atoms with E-state index < -0.39 is 35.7 Å². The molecule has 0 spiro atoms. The van der Waals surface area contributed by atoms with Gasteiger partial charge in [0.25, 0.3) is 11.8 Å². The maximum absolute atomic E-state index is 12.7. The molecule has 0 aliphatic carbocycles. The number of cyclic esters (lactones) is 1. The molecule has 196 valence electrons. The topological polar surface area (TPSA) is 114 Å².